The minimum absolute atomic E-state index is 0.563. The van der Waals surface area contributed by atoms with E-state index in [0.29, 0.717) is 6.54 Å². The van der Waals surface area contributed by atoms with E-state index < -0.39 is 0 Å². The van der Waals surface area contributed by atoms with E-state index in [1.165, 1.54) is 5.56 Å². The van der Waals surface area contributed by atoms with Crippen molar-refractivity contribution < 1.29 is 4.74 Å². The largest absolute Gasteiger partial charge is 0.379 e. The lowest BCUT2D eigenvalue weighted by molar-refractivity contribution is 0.0340. The van der Waals surface area contributed by atoms with Crippen LogP contribution in [0, 0.1) is 0 Å². The summed E-state index contributed by atoms with van der Waals surface area (Å²) in [5.74, 6) is 0. The Morgan fingerprint density at radius 3 is 2.87 bits per heavy atom. The van der Waals surface area contributed by atoms with Gasteiger partial charge in [-0.15, -0.1) is 0 Å². The molecule has 0 radical (unpaired) electrons. The summed E-state index contributed by atoms with van der Waals surface area (Å²) in [6.45, 7) is 5.21. The minimum Gasteiger partial charge on any atom is -0.379 e. The van der Waals surface area contributed by atoms with Gasteiger partial charge in [-0.2, -0.15) is 0 Å². The normalized spacial score (nSPS) is 17.9. The van der Waals surface area contributed by atoms with Crippen molar-refractivity contribution in [3.8, 4) is 0 Å². The van der Waals surface area contributed by atoms with E-state index in [2.05, 4.69) is 16.0 Å². The van der Waals surface area contributed by atoms with Crippen molar-refractivity contribution in [2.75, 3.05) is 26.3 Å². The van der Waals surface area contributed by atoms with Gasteiger partial charge in [0.25, 0.3) is 0 Å². The van der Waals surface area contributed by atoms with Gasteiger partial charge in [0.2, 0.25) is 0 Å². The molecular weight excluding hydrogens is 190 g/mol. The van der Waals surface area contributed by atoms with Gasteiger partial charge in [-0.05, 0) is 17.2 Å². The number of hydrogen-bond donors (Lipinski definition) is 1. The van der Waals surface area contributed by atoms with Crippen LogP contribution in [0.1, 0.15) is 11.1 Å². The van der Waals surface area contributed by atoms with Crippen LogP contribution >= 0.6 is 0 Å². The average Bonchev–Trinajstić information content (AvgIpc) is 2.31. The van der Waals surface area contributed by atoms with E-state index in [0.717, 1.165) is 38.4 Å². The van der Waals surface area contributed by atoms with Gasteiger partial charge in [0.15, 0.2) is 0 Å². The van der Waals surface area contributed by atoms with Gasteiger partial charge in [-0.3, -0.25) is 9.88 Å². The average molecular weight is 207 g/mol. The van der Waals surface area contributed by atoms with E-state index in [1.54, 1.807) is 0 Å². The quantitative estimate of drug-likeness (QED) is 0.778. The van der Waals surface area contributed by atoms with Crippen LogP contribution in [0.25, 0.3) is 0 Å². The van der Waals surface area contributed by atoms with Gasteiger partial charge < -0.3 is 10.5 Å². The summed E-state index contributed by atoms with van der Waals surface area (Å²) >= 11 is 0. The Morgan fingerprint density at radius 2 is 2.13 bits per heavy atom. The van der Waals surface area contributed by atoms with Gasteiger partial charge in [0.1, 0.15) is 0 Å². The topological polar surface area (TPSA) is 51.4 Å². The number of nitrogens with two attached hydrogens (primary N) is 1. The zero-order valence-electron chi connectivity index (χ0n) is 8.85. The first-order chi connectivity index (χ1) is 7.40. The first-order valence-corrected chi connectivity index (χ1v) is 5.32. The third kappa shape index (κ3) is 2.75. The second kappa shape index (κ2) is 5.21. The molecule has 0 spiro atoms. The highest BCUT2D eigenvalue weighted by Gasteiger charge is 2.11. The van der Waals surface area contributed by atoms with Crippen molar-refractivity contribution in [2.24, 2.45) is 5.73 Å². The van der Waals surface area contributed by atoms with Crippen LogP contribution in [0.4, 0.5) is 0 Å². The second-order valence-corrected chi connectivity index (χ2v) is 3.74. The summed E-state index contributed by atoms with van der Waals surface area (Å²) in [4.78, 5) is 6.47. The standard InChI is InChI=1S/C11H17N3O/c12-7-11-8-13-2-1-10(11)9-14-3-5-15-6-4-14/h1-2,8H,3-7,9,12H2. The molecule has 82 valence electrons. The zero-order chi connectivity index (χ0) is 10.5. The molecule has 2 heterocycles. The maximum Gasteiger partial charge on any atom is 0.0594 e. The molecule has 0 bridgehead atoms. The highest BCUT2D eigenvalue weighted by atomic mass is 16.5. The molecule has 1 fully saturated rings. The van der Waals surface area contributed by atoms with Crippen molar-refractivity contribution in [3.63, 3.8) is 0 Å². The fourth-order valence-electron chi connectivity index (χ4n) is 1.79. The number of ether oxygens (including phenoxy) is 1. The first-order valence-electron chi connectivity index (χ1n) is 5.32. The van der Waals surface area contributed by atoms with Crippen LogP contribution < -0.4 is 5.73 Å². The molecule has 0 saturated carbocycles. The molecule has 0 aliphatic carbocycles. The Balaban J connectivity index is 2.02. The predicted octanol–water partition coefficient (Wildman–Crippen LogP) is 0.372. The maximum atomic E-state index is 5.67. The van der Waals surface area contributed by atoms with Crippen LogP contribution in [-0.4, -0.2) is 36.2 Å². The second-order valence-electron chi connectivity index (χ2n) is 3.74. The van der Waals surface area contributed by atoms with Crippen LogP contribution in [0.2, 0.25) is 0 Å². The van der Waals surface area contributed by atoms with E-state index >= 15 is 0 Å². The molecule has 1 aromatic heterocycles. The van der Waals surface area contributed by atoms with Gasteiger partial charge in [-0.1, -0.05) is 0 Å². The number of morpholine rings is 1. The van der Waals surface area contributed by atoms with Crippen molar-refractivity contribution in [1.82, 2.24) is 9.88 Å². The highest BCUT2D eigenvalue weighted by Crippen LogP contribution is 2.10. The number of rotatable bonds is 3. The summed E-state index contributed by atoms with van der Waals surface area (Å²) in [6, 6.07) is 2.05. The van der Waals surface area contributed by atoms with Gasteiger partial charge in [0, 0.05) is 38.6 Å². The Bertz CT molecular complexity index is 310. The molecule has 0 unspecified atom stereocenters. The molecule has 15 heavy (non-hydrogen) atoms. The number of hydrogen-bond acceptors (Lipinski definition) is 4. The number of nitrogens with zero attached hydrogens (tertiary/aromatic N) is 2. The van der Waals surface area contributed by atoms with Crippen LogP contribution in [0.3, 0.4) is 0 Å². The van der Waals surface area contributed by atoms with Gasteiger partial charge in [-0.25, -0.2) is 0 Å². The molecule has 4 heteroatoms. The van der Waals surface area contributed by atoms with Crippen molar-refractivity contribution in [3.05, 3.63) is 29.6 Å². The van der Waals surface area contributed by atoms with E-state index in [9.17, 15) is 0 Å². The summed E-state index contributed by atoms with van der Waals surface area (Å²) in [5, 5.41) is 0. The molecule has 2 rings (SSSR count). The summed E-state index contributed by atoms with van der Waals surface area (Å²) in [5.41, 5.74) is 8.10. The smallest absolute Gasteiger partial charge is 0.0594 e. The number of pyridine rings is 1. The first kappa shape index (κ1) is 10.5. The molecule has 0 aromatic carbocycles. The van der Waals surface area contributed by atoms with Crippen LogP contribution in [-0.2, 0) is 17.8 Å². The Morgan fingerprint density at radius 1 is 1.33 bits per heavy atom. The third-order valence-electron chi connectivity index (χ3n) is 2.72. The molecule has 4 nitrogen and oxygen atoms in total. The molecule has 0 atom stereocenters. The zero-order valence-corrected chi connectivity index (χ0v) is 8.85. The molecule has 1 saturated heterocycles. The minimum atomic E-state index is 0.563. The molecule has 0 amide bonds. The van der Waals surface area contributed by atoms with Crippen LogP contribution in [0.5, 0.6) is 0 Å². The van der Waals surface area contributed by atoms with Gasteiger partial charge in [0.05, 0.1) is 13.2 Å². The lowest BCUT2D eigenvalue weighted by atomic mass is 10.1. The molecule has 1 aliphatic rings. The third-order valence-corrected chi connectivity index (χ3v) is 2.72. The predicted molar refractivity (Wildman–Crippen MR) is 58.2 cm³/mol. The Hall–Kier alpha value is -0.970. The van der Waals surface area contributed by atoms with Crippen molar-refractivity contribution in [2.45, 2.75) is 13.1 Å². The molecular formula is C11H17N3O. The molecule has 2 N–H and O–H groups in total. The lowest BCUT2D eigenvalue weighted by Crippen LogP contribution is -2.36. The lowest BCUT2D eigenvalue weighted by Gasteiger charge is -2.27. The van der Waals surface area contributed by atoms with E-state index in [-0.39, 0.29) is 0 Å². The monoisotopic (exact) mass is 207 g/mol. The highest BCUT2D eigenvalue weighted by molar-refractivity contribution is 5.22. The Labute approximate surface area is 90.0 Å². The molecule has 1 aromatic rings. The fourth-order valence-corrected chi connectivity index (χ4v) is 1.79. The van der Waals surface area contributed by atoms with Crippen molar-refractivity contribution >= 4 is 0 Å². The van der Waals surface area contributed by atoms with Crippen LogP contribution in [0.15, 0.2) is 18.5 Å². The SMILES string of the molecule is NCc1cnccc1CN1CCOCC1. The molecule has 1 aliphatic heterocycles. The summed E-state index contributed by atoms with van der Waals surface area (Å²) in [6.07, 6.45) is 3.69. The van der Waals surface area contributed by atoms with Gasteiger partial charge >= 0.3 is 0 Å². The van der Waals surface area contributed by atoms with Crippen molar-refractivity contribution in [1.29, 1.82) is 0 Å². The fraction of sp³-hybridized carbons (Fsp3) is 0.545. The summed E-state index contributed by atoms with van der Waals surface area (Å²) < 4.78 is 5.32. The Kier molecular flexibility index (Phi) is 3.66. The van der Waals surface area contributed by atoms with E-state index in [4.69, 9.17) is 10.5 Å². The van der Waals surface area contributed by atoms with E-state index in [1.807, 2.05) is 12.4 Å². The summed E-state index contributed by atoms with van der Waals surface area (Å²) in [7, 11) is 0. The maximum absolute atomic E-state index is 5.67. The number of aromatic nitrogens is 1.